The molecule has 1 heterocycles. The average Bonchev–Trinajstić information content (AvgIpc) is 2.72. The summed E-state index contributed by atoms with van der Waals surface area (Å²) in [6, 6.07) is -0.270. The van der Waals surface area contributed by atoms with E-state index < -0.39 is 23.4 Å². The van der Waals surface area contributed by atoms with E-state index in [2.05, 4.69) is 0 Å². The van der Waals surface area contributed by atoms with E-state index in [1.807, 2.05) is 27.7 Å². The molecule has 2 fully saturated rings. The predicted molar refractivity (Wildman–Crippen MR) is 116 cm³/mol. The van der Waals surface area contributed by atoms with Crippen LogP contribution >= 0.6 is 0 Å². The lowest BCUT2D eigenvalue weighted by atomic mass is 9.63. The van der Waals surface area contributed by atoms with Gasteiger partial charge in [-0.15, -0.1) is 0 Å². The van der Waals surface area contributed by atoms with Gasteiger partial charge in [-0.1, -0.05) is 12.8 Å². The van der Waals surface area contributed by atoms with Gasteiger partial charge in [0, 0.05) is 6.04 Å². The molecule has 0 atom stereocenters. The van der Waals surface area contributed by atoms with E-state index in [9.17, 15) is 9.59 Å². The second kappa shape index (κ2) is 8.34. The second-order valence-electron chi connectivity index (χ2n) is 11.5. The van der Waals surface area contributed by atoms with Gasteiger partial charge in [-0.05, 0) is 87.9 Å². The minimum atomic E-state index is -0.697. The van der Waals surface area contributed by atoms with Gasteiger partial charge in [0.25, 0.3) is 0 Å². The van der Waals surface area contributed by atoms with Crippen molar-refractivity contribution in [3.05, 3.63) is 0 Å². The largest absolute Gasteiger partial charge is 0.461 e. The van der Waals surface area contributed by atoms with Crippen LogP contribution in [0.3, 0.4) is 0 Å². The summed E-state index contributed by atoms with van der Waals surface area (Å²) < 4.78 is 23.4. The molecule has 2 aliphatic rings. The molecule has 0 N–H and O–H groups in total. The maximum Gasteiger partial charge on any atom is 0.461 e. The summed E-state index contributed by atoms with van der Waals surface area (Å²) in [7, 11) is -0.271. The van der Waals surface area contributed by atoms with E-state index in [1.165, 1.54) is 0 Å². The van der Waals surface area contributed by atoms with Crippen molar-refractivity contribution in [2.75, 3.05) is 0 Å². The number of imide groups is 1. The number of amides is 2. The Labute approximate surface area is 182 Å². The molecule has 7 nitrogen and oxygen atoms in total. The van der Waals surface area contributed by atoms with Crippen molar-refractivity contribution >= 4 is 19.3 Å². The zero-order valence-corrected chi connectivity index (χ0v) is 20.5. The summed E-state index contributed by atoms with van der Waals surface area (Å²) in [4.78, 5) is 26.9. The van der Waals surface area contributed by atoms with Crippen molar-refractivity contribution in [2.24, 2.45) is 0 Å². The van der Waals surface area contributed by atoms with Crippen LogP contribution in [0.4, 0.5) is 9.59 Å². The van der Waals surface area contributed by atoms with Gasteiger partial charge in [0.1, 0.15) is 11.2 Å². The highest BCUT2D eigenvalue weighted by molar-refractivity contribution is 6.47. The van der Waals surface area contributed by atoms with Crippen molar-refractivity contribution in [3.63, 3.8) is 0 Å². The van der Waals surface area contributed by atoms with Crippen LogP contribution in [0.15, 0.2) is 0 Å². The molecule has 0 unspecified atom stereocenters. The Bertz CT molecular complexity index is 597. The predicted octanol–water partition coefficient (Wildman–Crippen LogP) is 5.56. The molecule has 2 amide bonds. The van der Waals surface area contributed by atoms with E-state index in [0.717, 1.165) is 17.7 Å². The molecule has 1 aliphatic carbocycles. The Morgan fingerprint density at radius 1 is 0.800 bits per heavy atom. The summed E-state index contributed by atoms with van der Waals surface area (Å²) in [5.74, 6) is 0.224. The van der Waals surface area contributed by atoms with Crippen molar-refractivity contribution in [2.45, 2.75) is 129 Å². The summed E-state index contributed by atoms with van der Waals surface area (Å²) in [5.41, 5.74) is -2.13. The molecule has 1 aliphatic heterocycles. The highest BCUT2D eigenvalue weighted by Gasteiger charge is 2.54. The van der Waals surface area contributed by atoms with Gasteiger partial charge < -0.3 is 18.8 Å². The van der Waals surface area contributed by atoms with E-state index in [4.69, 9.17) is 18.8 Å². The van der Waals surface area contributed by atoms with Crippen LogP contribution in [0, 0.1) is 0 Å². The third kappa shape index (κ3) is 6.13. The molecule has 1 saturated heterocycles. The Kier molecular flexibility index (Phi) is 6.95. The van der Waals surface area contributed by atoms with E-state index >= 15 is 0 Å². The molecule has 8 heteroatoms. The first kappa shape index (κ1) is 25.0. The average molecular weight is 425 g/mol. The Morgan fingerprint density at radius 2 is 1.17 bits per heavy atom. The number of rotatable bonds is 2. The van der Waals surface area contributed by atoms with Crippen molar-refractivity contribution in [1.82, 2.24) is 4.90 Å². The fourth-order valence-corrected chi connectivity index (χ4v) is 3.71. The quantitative estimate of drug-likeness (QED) is 0.539. The zero-order chi connectivity index (χ0) is 23.1. The van der Waals surface area contributed by atoms with E-state index in [-0.39, 0.29) is 30.2 Å². The first-order valence-electron chi connectivity index (χ1n) is 11.0. The van der Waals surface area contributed by atoms with Gasteiger partial charge >= 0.3 is 19.3 Å². The molecular formula is C22H40BNO6. The maximum atomic E-state index is 12.8. The smallest absolute Gasteiger partial charge is 0.443 e. The number of carbonyl (C=O) groups excluding carboxylic acids is 2. The number of hydrogen-bond acceptors (Lipinski definition) is 6. The van der Waals surface area contributed by atoms with Crippen molar-refractivity contribution < 1.29 is 28.4 Å². The molecule has 0 bridgehead atoms. The third-order valence-corrected chi connectivity index (χ3v) is 5.94. The number of ether oxygens (including phenoxy) is 2. The molecule has 0 aromatic rings. The zero-order valence-electron chi connectivity index (χ0n) is 20.5. The Balaban J connectivity index is 2.09. The molecule has 2 rings (SSSR count). The summed E-state index contributed by atoms with van der Waals surface area (Å²) in [6.45, 7) is 18.9. The van der Waals surface area contributed by atoms with Crippen LogP contribution in [0.25, 0.3) is 0 Å². The summed E-state index contributed by atoms with van der Waals surface area (Å²) in [5, 5.41) is 0. The number of carbonyl (C=O) groups is 2. The lowest BCUT2D eigenvalue weighted by molar-refractivity contribution is -0.0108. The Hall–Kier alpha value is -1.28. The third-order valence-electron chi connectivity index (χ3n) is 5.94. The molecule has 0 aromatic heterocycles. The lowest BCUT2D eigenvalue weighted by Crippen LogP contribution is -2.50. The molecule has 30 heavy (non-hydrogen) atoms. The number of hydrogen-bond donors (Lipinski definition) is 0. The van der Waals surface area contributed by atoms with Gasteiger partial charge in [0.15, 0.2) is 0 Å². The monoisotopic (exact) mass is 425 g/mol. The van der Waals surface area contributed by atoms with Gasteiger partial charge in [0.05, 0.1) is 11.2 Å². The molecule has 172 valence electrons. The minimum absolute atomic E-state index is 0.224. The van der Waals surface area contributed by atoms with Gasteiger partial charge in [0.2, 0.25) is 0 Å². The molecule has 0 spiro atoms. The standard InChI is InChI=1S/C22H40BNO6/c1-19(2,3)27-17(25)24(18(26)28-20(4,5)6)16-13-11-15(12-14-16)23-29-21(7,8)22(9,10)30-23/h15-16H,11-14H2,1-10H3. The fourth-order valence-electron chi connectivity index (χ4n) is 3.71. The van der Waals surface area contributed by atoms with Crippen molar-refractivity contribution in [1.29, 1.82) is 0 Å². The summed E-state index contributed by atoms with van der Waals surface area (Å²) in [6.07, 6.45) is 1.60. The van der Waals surface area contributed by atoms with E-state index in [0.29, 0.717) is 12.8 Å². The second-order valence-corrected chi connectivity index (χ2v) is 11.5. The fraction of sp³-hybridized carbons (Fsp3) is 0.909. The molecule has 0 aromatic carbocycles. The van der Waals surface area contributed by atoms with E-state index in [1.54, 1.807) is 41.5 Å². The van der Waals surface area contributed by atoms with Crippen LogP contribution in [0.2, 0.25) is 5.82 Å². The van der Waals surface area contributed by atoms with Crippen LogP contribution in [0.1, 0.15) is 94.9 Å². The SMILES string of the molecule is CC(C)(C)OC(=O)N(C(=O)OC(C)(C)C)C1CCC(B2OC(C)(C)C(C)(C)O2)CC1. The summed E-state index contributed by atoms with van der Waals surface area (Å²) >= 11 is 0. The molecular weight excluding hydrogens is 385 g/mol. The van der Waals surface area contributed by atoms with Crippen LogP contribution in [-0.4, -0.2) is 52.7 Å². The van der Waals surface area contributed by atoms with Crippen LogP contribution in [-0.2, 0) is 18.8 Å². The topological polar surface area (TPSA) is 74.3 Å². The van der Waals surface area contributed by atoms with Crippen LogP contribution < -0.4 is 0 Å². The van der Waals surface area contributed by atoms with Gasteiger partial charge in [-0.3, -0.25) is 0 Å². The Morgan fingerprint density at radius 3 is 1.50 bits per heavy atom. The number of nitrogens with zero attached hydrogens (tertiary/aromatic N) is 1. The molecule has 0 radical (unpaired) electrons. The lowest BCUT2D eigenvalue weighted by Gasteiger charge is -2.37. The van der Waals surface area contributed by atoms with Crippen LogP contribution in [0.5, 0.6) is 0 Å². The minimum Gasteiger partial charge on any atom is -0.443 e. The van der Waals surface area contributed by atoms with Gasteiger partial charge in [-0.25, -0.2) is 14.5 Å². The maximum absolute atomic E-state index is 12.8. The first-order chi connectivity index (χ1) is 13.4. The first-order valence-corrected chi connectivity index (χ1v) is 11.0. The normalized spacial score (nSPS) is 26.3. The highest BCUT2D eigenvalue weighted by Crippen LogP contribution is 2.44. The van der Waals surface area contributed by atoms with Crippen molar-refractivity contribution in [3.8, 4) is 0 Å². The highest BCUT2D eigenvalue weighted by atomic mass is 16.7. The van der Waals surface area contributed by atoms with Gasteiger partial charge in [-0.2, -0.15) is 0 Å². The molecule has 1 saturated carbocycles.